The van der Waals surface area contributed by atoms with Crippen LogP contribution in [0.2, 0.25) is 0 Å². The summed E-state index contributed by atoms with van der Waals surface area (Å²) >= 11 is 1.29. The van der Waals surface area contributed by atoms with Gasteiger partial charge in [-0.2, -0.15) is 0 Å². The van der Waals surface area contributed by atoms with Crippen molar-refractivity contribution < 1.29 is 18.3 Å². The molecule has 1 amide bonds. The van der Waals surface area contributed by atoms with E-state index in [-0.39, 0.29) is 0 Å². The second-order valence-corrected chi connectivity index (χ2v) is 7.21. The summed E-state index contributed by atoms with van der Waals surface area (Å²) in [4.78, 5) is 23.4. The average Bonchev–Trinajstić information content (AvgIpc) is 3.34. The van der Waals surface area contributed by atoms with Crippen molar-refractivity contribution in [1.29, 1.82) is 0 Å². The fourth-order valence-corrected chi connectivity index (χ4v) is 3.63. The molecule has 0 bridgehead atoms. The molecule has 148 valence electrons. The summed E-state index contributed by atoms with van der Waals surface area (Å²) in [5.41, 5.74) is 3.65. The van der Waals surface area contributed by atoms with E-state index in [1.54, 1.807) is 7.11 Å². The molecular weight excluding hydrogens is 398 g/mol. The number of hydrogen-bond donors (Lipinski definition) is 2. The van der Waals surface area contributed by atoms with Crippen molar-refractivity contribution in [2.24, 2.45) is 0 Å². The minimum atomic E-state index is -2.70. The third-order valence-corrected chi connectivity index (χ3v) is 5.08. The van der Waals surface area contributed by atoms with E-state index in [0.717, 1.165) is 11.1 Å². The number of anilines is 1. The highest BCUT2D eigenvalue weighted by Crippen LogP contribution is 2.33. The first kappa shape index (κ1) is 19.0. The van der Waals surface area contributed by atoms with E-state index in [4.69, 9.17) is 4.74 Å². The van der Waals surface area contributed by atoms with Crippen molar-refractivity contribution >= 4 is 33.4 Å². The number of hydrogen-bond acceptors (Lipinski definition) is 5. The van der Waals surface area contributed by atoms with Gasteiger partial charge in [0, 0.05) is 16.5 Å². The van der Waals surface area contributed by atoms with E-state index in [1.807, 2.05) is 30.5 Å². The van der Waals surface area contributed by atoms with E-state index in [0.29, 0.717) is 33.2 Å². The number of aryl methyl sites for hydroxylation is 1. The Morgan fingerprint density at radius 2 is 2.03 bits per heavy atom. The first-order valence-corrected chi connectivity index (χ1v) is 9.52. The van der Waals surface area contributed by atoms with Gasteiger partial charge >= 0.3 is 0 Å². The number of methoxy groups -OCH3 is 1. The molecule has 0 atom stereocenters. The number of imidazole rings is 1. The van der Waals surface area contributed by atoms with Crippen LogP contribution >= 0.6 is 11.3 Å². The maximum Gasteiger partial charge on any atom is 0.295 e. The van der Waals surface area contributed by atoms with Gasteiger partial charge in [0.15, 0.2) is 11.0 Å². The summed E-state index contributed by atoms with van der Waals surface area (Å²) in [5, 5.41) is 5.00. The Hall–Kier alpha value is -3.33. The number of nitrogens with one attached hydrogen (secondary N) is 2. The van der Waals surface area contributed by atoms with Gasteiger partial charge in [0.05, 0.1) is 23.8 Å². The lowest BCUT2D eigenvalue weighted by atomic mass is 10.1. The molecule has 0 spiro atoms. The molecule has 0 aliphatic carbocycles. The lowest BCUT2D eigenvalue weighted by molar-refractivity contribution is 0.102. The zero-order valence-electron chi connectivity index (χ0n) is 15.5. The zero-order chi connectivity index (χ0) is 20.5. The van der Waals surface area contributed by atoms with Gasteiger partial charge in [-0.15, -0.1) is 11.3 Å². The summed E-state index contributed by atoms with van der Waals surface area (Å²) < 4.78 is 31.0. The van der Waals surface area contributed by atoms with Gasteiger partial charge in [-0.3, -0.25) is 10.1 Å². The molecule has 6 nitrogen and oxygen atoms in total. The van der Waals surface area contributed by atoms with Crippen molar-refractivity contribution in [2.45, 2.75) is 13.3 Å². The number of H-pyrrole nitrogens is 1. The summed E-state index contributed by atoms with van der Waals surface area (Å²) in [6, 6.07) is 10.3. The van der Waals surface area contributed by atoms with E-state index >= 15 is 0 Å². The summed E-state index contributed by atoms with van der Waals surface area (Å²) in [6.07, 6.45) is -2.70. The number of carbonyl (C=O) groups is 1. The highest BCUT2D eigenvalue weighted by atomic mass is 32.1. The lowest BCUT2D eigenvalue weighted by Gasteiger charge is -2.07. The number of halogens is 2. The third kappa shape index (κ3) is 3.81. The minimum absolute atomic E-state index is 0.312. The number of aromatic nitrogens is 3. The first-order chi connectivity index (χ1) is 13.9. The Kier molecular flexibility index (Phi) is 4.98. The molecule has 2 heterocycles. The number of amides is 1. The molecule has 2 aromatic carbocycles. The SMILES string of the molecule is COc1ccc(C)cc1-c1csc(NC(=O)c2ccc3nc(C(F)F)[nH]c3c2)n1. The van der Waals surface area contributed by atoms with E-state index < -0.39 is 18.2 Å². The van der Waals surface area contributed by atoms with Gasteiger partial charge in [0.25, 0.3) is 12.3 Å². The molecule has 0 saturated heterocycles. The molecule has 0 saturated carbocycles. The Morgan fingerprint density at radius 1 is 1.21 bits per heavy atom. The number of ether oxygens (including phenoxy) is 1. The topological polar surface area (TPSA) is 79.9 Å². The van der Waals surface area contributed by atoms with Gasteiger partial charge in [0.2, 0.25) is 0 Å². The Bertz CT molecular complexity index is 1200. The number of nitrogens with zero attached hydrogens (tertiary/aromatic N) is 2. The van der Waals surface area contributed by atoms with Crippen LogP contribution < -0.4 is 10.1 Å². The van der Waals surface area contributed by atoms with Crippen LogP contribution in [-0.2, 0) is 0 Å². The van der Waals surface area contributed by atoms with E-state index in [2.05, 4.69) is 20.3 Å². The highest BCUT2D eigenvalue weighted by molar-refractivity contribution is 7.14. The van der Waals surface area contributed by atoms with Crippen molar-refractivity contribution in [1.82, 2.24) is 15.0 Å². The van der Waals surface area contributed by atoms with Crippen LogP contribution in [0.5, 0.6) is 5.75 Å². The molecule has 0 radical (unpaired) electrons. The Labute approximate surface area is 168 Å². The van der Waals surface area contributed by atoms with Crippen LogP contribution in [0.15, 0.2) is 41.8 Å². The van der Waals surface area contributed by atoms with Gasteiger partial charge in [0.1, 0.15) is 5.75 Å². The standard InChI is InChI=1S/C20H16F2N4O2S/c1-10-3-6-16(28-2)12(7-10)15-9-29-20(25-15)26-19(27)11-4-5-13-14(8-11)24-18(23-13)17(21)22/h3-9,17H,1-2H3,(H,23,24)(H,25,26,27). The molecule has 0 aliphatic heterocycles. The molecule has 2 aromatic heterocycles. The van der Waals surface area contributed by atoms with Crippen molar-refractivity contribution in [3.8, 4) is 17.0 Å². The molecule has 0 unspecified atom stereocenters. The second-order valence-electron chi connectivity index (χ2n) is 6.35. The normalized spacial score (nSPS) is 11.2. The average molecular weight is 414 g/mol. The Morgan fingerprint density at radius 3 is 2.79 bits per heavy atom. The third-order valence-electron chi connectivity index (χ3n) is 4.32. The molecule has 4 aromatic rings. The van der Waals surface area contributed by atoms with Crippen LogP contribution in [0.1, 0.15) is 28.2 Å². The predicted octanol–water partition coefficient (Wildman–Crippen LogP) is 5.19. The smallest absolute Gasteiger partial charge is 0.295 e. The first-order valence-electron chi connectivity index (χ1n) is 8.64. The largest absolute Gasteiger partial charge is 0.496 e. The van der Waals surface area contributed by atoms with Crippen molar-refractivity contribution in [3.05, 3.63) is 58.7 Å². The number of carbonyl (C=O) groups excluding carboxylic acids is 1. The van der Waals surface area contributed by atoms with Gasteiger partial charge in [-0.05, 0) is 37.3 Å². The predicted molar refractivity (Wildman–Crippen MR) is 108 cm³/mol. The second kappa shape index (κ2) is 7.59. The molecule has 4 rings (SSSR count). The molecule has 0 fully saturated rings. The number of fused-ring (bicyclic) bond motifs is 1. The van der Waals surface area contributed by atoms with Gasteiger partial charge < -0.3 is 9.72 Å². The number of rotatable bonds is 5. The Balaban J connectivity index is 1.57. The fourth-order valence-electron chi connectivity index (χ4n) is 2.92. The van der Waals surface area contributed by atoms with Crippen molar-refractivity contribution in [3.63, 3.8) is 0 Å². The van der Waals surface area contributed by atoms with Crippen LogP contribution in [0.25, 0.3) is 22.3 Å². The summed E-state index contributed by atoms with van der Waals surface area (Å²) in [6.45, 7) is 1.98. The minimum Gasteiger partial charge on any atom is -0.496 e. The van der Waals surface area contributed by atoms with Gasteiger partial charge in [-0.1, -0.05) is 11.6 Å². The van der Waals surface area contributed by atoms with E-state index in [1.165, 1.54) is 29.5 Å². The monoisotopic (exact) mass is 414 g/mol. The zero-order valence-corrected chi connectivity index (χ0v) is 16.3. The van der Waals surface area contributed by atoms with Crippen LogP contribution in [0.4, 0.5) is 13.9 Å². The summed E-state index contributed by atoms with van der Waals surface area (Å²) in [5.74, 6) is -0.121. The fraction of sp³-hybridized carbons (Fsp3) is 0.150. The van der Waals surface area contributed by atoms with Crippen LogP contribution in [0.3, 0.4) is 0 Å². The number of benzene rings is 2. The number of aromatic amines is 1. The number of thiazole rings is 1. The van der Waals surface area contributed by atoms with Crippen LogP contribution in [0, 0.1) is 6.92 Å². The molecular formula is C20H16F2N4O2S. The maximum absolute atomic E-state index is 12.8. The summed E-state index contributed by atoms with van der Waals surface area (Å²) in [7, 11) is 1.59. The van der Waals surface area contributed by atoms with E-state index in [9.17, 15) is 13.6 Å². The van der Waals surface area contributed by atoms with Crippen LogP contribution in [-0.4, -0.2) is 28.0 Å². The maximum atomic E-state index is 12.8. The van der Waals surface area contributed by atoms with Gasteiger partial charge in [-0.25, -0.2) is 18.7 Å². The quantitative estimate of drug-likeness (QED) is 0.471. The molecule has 2 N–H and O–H groups in total. The lowest BCUT2D eigenvalue weighted by Crippen LogP contribution is -2.11. The van der Waals surface area contributed by atoms with Crippen molar-refractivity contribution in [2.75, 3.05) is 12.4 Å². The molecule has 29 heavy (non-hydrogen) atoms. The molecule has 0 aliphatic rings. The molecule has 9 heteroatoms. The highest BCUT2D eigenvalue weighted by Gasteiger charge is 2.16. The number of alkyl halides is 2.